The van der Waals surface area contributed by atoms with E-state index in [9.17, 15) is 4.79 Å². The Morgan fingerprint density at radius 2 is 1.89 bits per heavy atom. The molecule has 0 saturated heterocycles. The first-order chi connectivity index (χ1) is 13.0. The molecule has 0 bridgehead atoms. The smallest absolute Gasteiger partial charge is 0.228 e. The minimum atomic E-state index is -0.132. The zero-order chi connectivity index (χ0) is 19.4. The predicted octanol–water partition coefficient (Wildman–Crippen LogP) is 3.69. The van der Waals surface area contributed by atoms with E-state index in [1.807, 2.05) is 54.9 Å². The molecule has 0 radical (unpaired) electrons. The summed E-state index contributed by atoms with van der Waals surface area (Å²) < 4.78 is 12.4. The molecule has 27 heavy (non-hydrogen) atoms. The Morgan fingerprint density at radius 3 is 2.56 bits per heavy atom. The van der Waals surface area contributed by atoms with Gasteiger partial charge >= 0.3 is 0 Å². The summed E-state index contributed by atoms with van der Waals surface area (Å²) in [6, 6.07) is 15.0. The molecule has 0 atom stereocenters. The van der Waals surface area contributed by atoms with Crippen LogP contribution in [0.3, 0.4) is 0 Å². The number of rotatable bonds is 6. The number of anilines is 1. The summed E-state index contributed by atoms with van der Waals surface area (Å²) in [6.45, 7) is 3.96. The number of carbonyl (C=O) groups excluding carboxylic acids is 1. The molecule has 0 fully saturated rings. The van der Waals surface area contributed by atoms with Crippen molar-refractivity contribution in [3.8, 4) is 17.2 Å². The lowest BCUT2D eigenvalue weighted by Gasteiger charge is -2.12. The molecule has 140 valence electrons. The van der Waals surface area contributed by atoms with Crippen molar-refractivity contribution >= 4 is 11.6 Å². The number of amides is 1. The monoisotopic (exact) mass is 365 g/mol. The summed E-state index contributed by atoms with van der Waals surface area (Å²) in [4.78, 5) is 12.5. The van der Waals surface area contributed by atoms with E-state index in [1.165, 1.54) is 0 Å². The molecule has 1 aromatic heterocycles. The van der Waals surface area contributed by atoms with Gasteiger partial charge in [0.15, 0.2) is 0 Å². The third-order valence-corrected chi connectivity index (χ3v) is 4.22. The lowest BCUT2D eigenvalue weighted by molar-refractivity contribution is -0.115. The Balaban J connectivity index is 1.77. The second-order valence-electron chi connectivity index (χ2n) is 6.29. The quantitative estimate of drug-likeness (QED) is 0.724. The third kappa shape index (κ3) is 4.28. The highest BCUT2D eigenvalue weighted by atomic mass is 16.5. The second kappa shape index (κ2) is 7.95. The van der Waals surface area contributed by atoms with Gasteiger partial charge in [-0.05, 0) is 56.3 Å². The first-order valence-corrected chi connectivity index (χ1v) is 8.64. The molecule has 0 spiro atoms. The number of aryl methyl sites for hydroxylation is 2. The van der Waals surface area contributed by atoms with Gasteiger partial charge in [0.25, 0.3) is 0 Å². The number of carbonyl (C=O) groups is 1. The average molecular weight is 365 g/mol. The van der Waals surface area contributed by atoms with Crippen LogP contribution in [0.5, 0.6) is 11.5 Å². The molecular weight excluding hydrogens is 342 g/mol. The Morgan fingerprint density at radius 1 is 1.07 bits per heavy atom. The fraction of sp³-hybridized carbons (Fsp3) is 0.238. The Bertz CT molecular complexity index is 963. The van der Waals surface area contributed by atoms with E-state index < -0.39 is 0 Å². The van der Waals surface area contributed by atoms with E-state index in [-0.39, 0.29) is 12.3 Å². The number of nitrogens with one attached hydrogen (secondary N) is 1. The SMILES string of the molecule is COc1ccc(OC)c(CC(=O)Nc2cccc(-n3nc(C)cc3C)c2)c1. The number of aromatic nitrogens is 2. The van der Waals surface area contributed by atoms with Gasteiger partial charge < -0.3 is 14.8 Å². The Kier molecular flexibility index (Phi) is 5.45. The van der Waals surface area contributed by atoms with Crippen molar-refractivity contribution < 1.29 is 14.3 Å². The summed E-state index contributed by atoms with van der Waals surface area (Å²) in [5.41, 5.74) is 4.37. The van der Waals surface area contributed by atoms with Crippen LogP contribution >= 0.6 is 0 Å². The van der Waals surface area contributed by atoms with Crippen molar-refractivity contribution in [2.24, 2.45) is 0 Å². The molecule has 0 aliphatic rings. The second-order valence-corrected chi connectivity index (χ2v) is 6.29. The largest absolute Gasteiger partial charge is 0.497 e. The molecule has 1 heterocycles. The van der Waals surface area contributed by atoms with E-state index in [0.29, 0.717) is 17.2 Å². The van der Waals surface area contributed by atoms with E-state index in [0.717, 1.165) is 22.6 Å². The van der Waals surface area contributed by atoms with Crippen molar-refractivity contribution in [2.75, 3.05) is 19.5 Å². The molecule has 1 N–H and O–H groups in total. The summed E-state index contributed by atoms with van der Waals surface area (Å²) in [5, 5.41) is 7.42. The Labute approximate surface area is 158 Å². The maximum atomic E-state index is 12.5. The first kappa shape index (κ1) is 18.5. The van der Waals surface area contributed by atoms with E-state index in [2.05, 4.69) is 10.4 Å². The van der Waals surface area contributed by atoms with Gasteiger partial charge in [-0.2, -0.15) is 5.10 Å². The van der Waals surface area contributed by atoms with Crippen molar-refractivity contribution in [3.63, 3.8) is 0 Å². The van der Waals surface area contributed by atoms with Crippen LogP contribution in [0.2, 0.25) is 0 Å². The maximum Gasteiger partial charge on any atom is 0.228 e. The highest BCUT2D eigenvalue weighted by Gasteiger charge is 2.11. The minimum Gasteiger partial charge on any atom is -0.497 e. The molecule has 3 aromatic rings. The number of hydrogen-bond donors (Lipinski definition) is 1. The van der Waals surface area contributed by atoms with Crippen LogP contribution in [0, 0.1) is 13.8 Å². The van der Waals surface area contributed by atoms with Crippen LogP contribution in [0.4, 0.5) is 5.69 Å². The first-order valence-electron chi connectivity index (χ1n) is 8.64. The maximum absolute atomic E-state index is 12.5. The number of hydrogen-bond acceptors (Lipinski definition) is 4. The van der Waals surface area contributed by atoms with Crippen LogP contribution in [-0.2, 0) is 11.2 Å². The van der Waals surface area contributed by atoms with Crippen molar-refractivity contribution in [3.05, 3.63) is 65.5 Å². The fourth-order valence-corrected chi connectivity index (χ4v) is 3.00. The number of methoxy groups -OCH3 is 2. The lowest BCUT2D eigenvalue weighted by Crippen LogP contribution is -2.15. The molecule has 6 heteroatoms. The molecule has 0 aliphatic carbocycles. The standard InChI is InChI=1S/C21H23N3O3/c1-14-10-15(2)24(23-14)18-7-5-6-17(13-18)22-21(25)12-16-11-19(26-3)8-9-20(16)27-4/h5-11,13H,12H2,1-4H3,(H,22,25). The molecule has 0 aliphatic heterocycles. The fourth-order valence-electron chi connectivity index (χ4n) is 3.00. The van der Waals surface area contributed by atoms with Crippen molar-refractivity contribution in [2.45, 2.75) is 20.3 Å². The van der Waals surface area contributed by atoms with E-state index in [1.54, 1.807) is 26.4 Å². The molecule has 0 unspecified atom stereocenters. The van der Waals surface area contributed by atoms with Gasteiger partial charge in [0.2, 0.25) is 5.91 Å². The van der Waals surface area contributed by atoms with E-state index >= 15 is 0 Å². The molecule has 2 aromatic carbocycles. The van der Waals surface area contributed by atoms with Gasteiger partial charge in [-0.1, -0.05) is 6.07 Å². The highest BCUT2D eigenvalue weighted by Crippen LogP contribution is 2.25. The van der Waals surface area contributed by atoms with Crippen molar-refractivity contribution in [1.29, 1.82) is 0 Å². The van der Waals surface area contributed by atoms with Crippen LogP contribution in [0.25, 0.3) is 5.69 Å². The molecule has 0 saturated carbocycles. The van der Waals surface area contributed by atoms with E-state index in [4.69, 9.17) is 9.47 Å². The third-order valence-electron chi connectivity index (χ3n) is 4.22. The highest BCUT2D eigenvalue weighted by molar-refractivity contribution is 5.93. The number of ether oxygens (including phenoxy) is 2. The van der Waals surface area contributed by atoms with Crippen LogP contribution in [-0.4, -0.2) is 29.9 Å². The van der Waals surface area contributed by atoms with Crippen LogP contribution < -0.4 is 14.8 Å². The minimum absolute atomic E-state index is 0.132. The number of benzene rings is 2. The summed E-state index contributed by atoms with van der Waals surface area (Å²) in [6.07, 6.45) is 0.185. The van der Waals surface area contributed by atoms with Gasteiger partial charge in [-0.15, -0.1) is 0 Å². The Hall–Kier alpha value is -3.28. The van der Waals surface area contributed by atoms with Gasteiger partial charge in [0, 0.05) is 16.9 Å². The van der Waals surface area contributed by atoms with Gasteiger partial charge in [-0.3, -0.25) is 4.79 Å². The summed E-state index contributed by atoms with van der Waals surface area (Å²) >= 11 is 0. The van der Waals surface area contributed by atoms with Crippen LogP contribution in [0.1, 0.15) is 17.0 Å². The molecule has 6 nitrogen and oxygen atoms in total. The van der Waals surface area contributed by atoms with Crippen molar-refractivity contribution in [1.82, 2.24) is 9.78 Å². The average Bonchev–Trinajstić information content (AvgIpc) is 3.00. The number of nitrogens with zero attached hydrogens (tertiary/aromatic N) is 2. The predicted molar refractivity (Wildman–Crippen MR) is 105 cm³/mol. The van der Waals surface area contributed by atoms with Gasteiger partial charge in [0.1, 0.15) is 11.5 Å². The van der Waals surface area contributed by atoms with Gasteiger partial charge in [0.05, 0.1) is 32.0 Å². The normalized spacial score (nSPS) is 10.5. The van der Waals surface area contributed by atoms with Crippen LogP contribution in [0.15, 0.2) is 48.5 Å². The zero-order valence-electron chi connectivity index (χ0n) is 15.9. The summed E-state index contributed by atoms with van der Waals surface area (Å²) in [7, 11) is 3.18. The topological polar surface area (TPSA) is 65.4 Å². The molecular formula is C21H23N3O3. The van der Waals surface area contributed by atoms with Gasteiger partial charge in [-0.25, -0.2) is 4.68 Å². The molecule has 1 amide bonds. The lowest BCUT2D eigenvalue weighted by atomic mass is 10.1. The summed E-state index contributed by atoms with van der Waals surface area (Å²) in [5.74, 6) is 1.21. The molecule has 3 rings (SSSR count). The zero-order valence-corrected chi connectivity index (χ0v) is 15.9.